The van der Waals surface area contributed by atoms with Crippen molar-refractivity contribution in [1.82, 2.24) is 0 Å². The standard InChI is InChI=1S/C26H20Cl2N2O3S2/c1-15-9-16(2)11-18(10-15)29-24(31)14-33-20-6-3-17(4-7-20)12-23-25(32)30(26(34)35-23)19-5-8-21(27)22(28)13-19/h3-13H,14H2,1-2H3,(H,29,31)/b23-12-. The van der Waals surface area contributed by atoms with Gasteiger partial charge in [-0.3, -0.25) is 14.5 Å². The third-order valence-corrected chi connectivity index (χ3v) is 7.05. The van der Waals surface area contributed by atoms with Crippen molar-refractivity contribution in [3.05, 3.63) is 92.3 Å². The van der Waals surface area contributed by atoms with Gasteiger partial charge in [0, 0.05) is 5.69 Å². The number of thioether (sulfide) groups is 1. The lowest BCUT2D eigenvalue weighted by Gasteiger charge is -2.15. The van der Waals surface area contributed by atoms with Crippen molar-refractivity contribution in [1.29, 1.82) is 0 Å². The summed E-state index contributed by atoms with van der Waals surface area (Å²) in [5.41, 5.74) is 4.25. The number of hydrogen-bond donors (Lipinski definition) is 1. The van der Waals surface area contributed by atoms with Crippen LogP contribution in [-0.2, 0) is 9.59 Å². The molecule has 1 heterocycles. The topological polar surface area (TPSA) is 58.6 Å². The van der Waals surface area contributed by atoms with E-state index >= 15 is 0 Å². The van der Waals surface area contributed by atoms with Crippen molar-refractivity contribution >= 4 is 80.8 Å². The molecule has 1 aliphatic heterocycles. The molecule has 3 aromatic carbocycles. The van der Waals surface area contributed by atoms with Crippen LogP contribution >= 0.6 is 47.2 Å². The molecule has 178 valence electrons. The molecule has 0 aliphatic carbocycles. The molecule has 0 aromatic heterocycles. The van der Waals surface area contributed by atoms with Crippen LogP contribution in [0.25, 0.3) is 6.08 Å². The van der Waals surface area contributed by atoms with Crippen LogP contribution in [0.3, 0.4) is 0 Å². The number of nitrogens with zero attached hydrogens (tertiary/aromatic N) is 1. The van der Waals surface area contributed by atoms with Gasteiger partial charge >= 0.3 is 0 Å². The average Bonchev–Trinajstić information content (AvgIpc) is 3.07. The van der Waals surface area contributed by atoms with E-state index in [-0.39, 0.29) is 18.4 Å². The lowest BCUT2D eigenvalue weighted by Crippen LogP contribution is -2.27. The fourth-order valence-corrected chi connectivity index (χ4v) is 5.11. The van der Waals surface area contributed by atoms with Crippen LogP contribution in [0.15, 0.2) is 65.6 Å². The highest BCUT2D eigenvalue weighted by Gasteiger charge is 2.33. The Morgan fingerprint density at radius 1 is 1.03 bits per heavy atom. The van der Waals surface area contributed by atoms with Gasteiger partial charge in [0.05, 0.1) is 20.6 Å². The summed E-state index contributed by atoms with van der Waals surface area (Å²) in [6.07, 6.45) is 1.76. The molecule has 0 spiro atoms. The van der Waals surface area contributed by atoms with Gasteiger partial charge in [0.15, 0.2) is 10.9 Å². The second kappa shape index (κ2) is 10.8. The van der Waals surface area contributed by atoms with Gasteiger partial charge in [0.1, 0.15) is 5.75 Å². The maximum Gasteiger partial charge on any atom is 0.270 e. The van der Waals surface area contributed by atoms with Crippen LogP contribution in [-0.4, -0.2) is 22.7 Å². The van der Waals surface area contributed by atoms with Crippen LogP contribution in [0.2, 0.25) is 10.0 Å². The number of carbonyl (C=O) groups is 2. The van der Waals surface area contributed by atoms with E-state index in [2.05, 4.69) is 5.32 Å². The molecule has 35 heavy (non-hydrogen) atoms. The number of carbonyl (C=O) groups excluding carboxylic acids is 2. The Hall–Kier alpha value is -2.84. The van der Waals surface area contributed by atoms with Crippen molar-refractivity contribution in [2.75, 3.05) is 16.8 Å². The van der Waals surface area contributed by atoms with Gasteiger partial charge in [-0.05, 0) is 79.1 Å². The van der Waals surface area contributed by atoms with E-state index in [0.717, 1.165) is 22.4 Å². The molecule has 9 heteroatoms. The van der Waals surface area contributed by atoms with Crippen molar-refractivity contribution in [3.63, 3.8) is 0 Å². The molecule has 3 aromatic rings. The Kier molecular flexibility index (Phi) is 7.82. The molecule has 0 radical (unpaired) electrons. The molecule has 1 fully saturated rings. The highest BCUT2D eigenvalue weighted by Crippen LogP contribution is 2.38. The average molecular weight is 543 g/mol. The smallest absolute Gasteiger partial charge is 0.270 e. The molecule has 5 nitrogen and oxygen atoms in total. The lowest BCUT2D eigenvalue weighted by atomic mass is 10.1. The second-order valence-electron chi connectivity index (χ2n) is 7.90. The normalized spacial score (nSPS) is 14.5. The number of aryl methyl sites for hydroxylation is 2. The predicted molar refractivity (Wildman–Crippen MR) is 149 cm³/mol. The van der Waals surface area contributed by atoms with Crippen LogP contribution in [0.1, 0.15) is 16.7 Å². The molecule has 0 saturated carbocycles. The van der Waals surface area contributed by atoms with Crippen molar-refractivity contribution < 1.29 is 14.3 Å². The van der Waals surface area contributed by atoms with E-state index in [4.69, 9.17) is 40.2 Å². The van der Waals surface area contributed by atoms with Crippen LogP contribution in [0.4, 0.5) is 11.4 Å². The van der Waals surface area contributed by atoms with Gasteiger partial charge in [-0.25, -0.2) is 0 Å². The lowest BCUT2D eigenvalue weighted by molar-refractivity contribution is -0.118. The molecule has 1 N–H and O–H groups in total. The molecular weight excluding hydrogens is 523 g/mol. The summed E-state index contributed by atoms with van der Waals surface area (Å²) >= 11 is 18.7. The van der Waals surface area contributed by atoms with Gasteiger partial charge in [-0.15, -0.1) is 0 Å². The number of ether oxygens (including phenoxy) is 1. The number of hydrogen-bond acceptors (Lipinski definition) is 5. The first-order valence-corrected chi connectivity index (χ1v) is 12.5. The molecule has 1 saturated heterocycles. The minimum Gasteiger partial charge on any atom is -0.484 e. The van der Waals surface area contributed by atoms with Crippen molar-refractivity contribution in [2.45, 2.75) is 13.8 Å². The highest BCUT2D eigenvalue weighted by molar-refractivity contribution is 8.27. The fraction of sp³-hybridized carbons (Fsp3) is 0.115. The number of thiocarbonyl (C=S) groups is 1. The summed E-state index contributed by atoms with van der Waals surface area (Å²) in [6, 6.07) is 17.9. The first-order chi connectivity index (χ1) is 16.7. The minimum atomic E-state index is -0.245. The number of benzene rings is 3. The van der Waals surface area contributed by atoms with Gasteiger partial charge in [-0.1, -0.05) is 65.4 Å². The number of halogens is 2. The monoisotopic (exact) mass is 542 g/mol. The zero-order chi connectivity index (χ0) is 25.1. The molecule has 2 amide bonds. The van der Waals surface area contributed by atoms with E-state index < -0.39 is 0 Å². The summed E-state index contributed by atoms with van der Waals surface area (Å²) in [6.45, 7) is 3.84. The maximum atomic E-state index is 13.0. The van der Waals surface area contributed by atoms with Gasteiger partial charge in [0.25, 0.3) is 11.8 Å². The van der Waals surface area contributed by atoms with Crippen molar-refractivity contribution in [3.8, 4) is 5.75 Å². The highest BCUT2D eigenvalue weighted by atomic mass is 35.5. The largest absolute Gasteiger partial charge is 0.484 e. The number of anilines is 2. The number of rotatable bonds is 6. The first-order valence-electron chi connectivity index (χ1n) is 10.5. The zero-order valence-corrected chi connectivity index (χ0v) is 21.9. The third-order valence-electron chi connectivity index (χ3n) is 5.01. The minimum absolute atomic E-state index is 0.116. The van der Waals surface area contributed by atoms with Crippen LogP contribution in [0.5, 0.6) is 5.75 Å². The quantitative estimate of drug-likeness (QED) is 0.267. The molecular formula is C26H20Cl2N2O3S2. The van der Waals surface area contributed by atoms with E-state index in [1.807, 2.05) is 44.2 Å². The molecule has 0 atom stereocenters. The van der Waals surface area contributed by atoms with Crippen LogP contribution < -0.4 is 15.0 Å². The van der Waals surface area contributed by atoms with E-state index in [1.54, 1.807) is 36.4 Å². The van der Waals surface area contributed by atoms with E-state index in [1.165, 1.54) is 16.7 Å². The first kappa shape index (κ1) is 25.3. The Bertz CT molecular complexity index is 1340. The van der Waals surface area contributed by atoms with Gasteiger partial charge in [0.2, 0.25) is 0 Å². The number of nitrogens with one attached hydrogen (secondary N) is 1. The predicted octanol–water partition coefficient (Wildman–Crippen LogP) is 7.03. The summed E-state index contributed by atoms with van der Waals surface area (Å²) < 4.78 is 6.01. The SMILES string of the molecule is Cc1cc(C)cc(NC(=O)COc2ccc(/C=C3\SC(=S)N(c4ccc(Cl)c(Cl)c4)C3=O)cc2)c1. The second-order valence-corrected chi connectivity index (χ2v) is 10.4. The zero-order valence-electron chi connectivity index (χ0n) is 18.8. The maximum absolute atomic E-state index is 13.0. The summed E-state index contributed by atoms with van der Waals surface area (Å²) in [5, 5.41) is 3.59. The van der Waals surface area contributed by atoms with Gasteiger partial charge < -0.3 is 10.1 Å². The third kappa shape index (κ3) is 6.24. The number of amides is 2. The molecule has 4 rings (SSSR count). The fourth-order valence-electron chi connectivity index (χ4n) is 3.52. The summed E-state index contributed by atoms with van der Waals surface area (Å²) in [7, 11) is 0. The van der Waals surface area contributed by atoms with E-state index in [9.17, 15) is 9.59 Å². The molecule has 0 unspecified atom stereocenters. The Labute approximate surface area is 223 Å². The molecule has 1 aliphatic rings. The van der Waals surface area contributed by atoms with Crippen molar-refractivity contribution in [2.24, 2.45) is 0 Å². The Balaban J connectivity index is 1.38. The Morgan fingerprint density at radius 3 is 2.37 bits per heavy atom. The van der Waals surface area contributed by atoms with Crippen LogP contribution in [0, 0.1) is 13.8 Å². The summed E-state index contributed by atoms with van der Waals surface area (Å²) in [4.78, 5) is 27.1. The molecule has 0 bridgehead atoms. The van der Waals surface area contributed by atoms with E-state index in [0.29, 0.717) is 30.7 Å². The summed E-state index contributed by atoms with van der Waals surface area (Å²) in [5.74, 6) is 0.0629. The van der Waals surface area contributed by atoms with Gasteiger partial charge in [-0.2, -0.15) is 0 Å². The Morgan fingerprint density at radius 2 is 1.71 bits per heavy atom.